The first-order valence-corrected chi connectivity index (χ1v) is 9.71. The van der Waals surface area contributed by atoms with Crippen molar-refractivity contribution in [1.82, 2.24) is 0 Å². The van der Waals surface area contributed by atoms with E-state index in [1.165, 1.54) is 0 Å². The summed E-state index contributed by atoms with van der Waals surface area (Å²) in [6.45, 7) is -0.277. The smallest absolute Gasteiger partial charge is 0.339 e. The Morgan fingerprint density at radius 1 is 1.04 bits per heavy atom. The highest BCUT2D eigenvalue weighted by Crippen LogP contribution is 2.34. The molecule has 0 fully saturated rings. The van der Waals surface area contributed by atoms with Crippen LogP contribution in [0.2, 0.25) is 15.1 Å². The summed E-state index contributed by atoms with van der Waals surface area (Å²) in [5, 5.41) is 4.54. The van der Waals surface area contributed by atoms with E-state index < -0.39 is 5.91 Å². The Labute approximate surface area is 175 Å². The minimum Gasteiger partial charge on any atom is -0.482 e. The molecular weight excluding hydrogens is 425 g/mol. The molecule has 1 amide bonds. The minimum absolute atomic E-state index is 0.263. The van der Waals surface area contributed by atoms with Gasteiger partial charge in [0.1, 0.15) is 11.3 Å². The Morgan fingerprint density at radius 2 is 1.82 bits per heavy atom. The minimum atomic E-state index is -0.398. The number of fused-ring (bicyclic) bond motifs is 3. The van der Waals surface area contributed by atoms with Gasteiger partial charge in [-0.05, 0) is 49.1 Å². The quantitative estimate of drug-likeness (QED) is 0.564. The summed E-state index contributed by atoms with van der Waals surface area (Å²) in [4.78, 5) is 24.3. The molecule has 144 valence electrons. The molecule has 1 N–H and O–H groups in total. The number of hydrogen-bond acceptors (Lipinski definition) is 4. The van der Waals surface area contributed by atoms with Crippen LogP contribution in [0.25, 0.3) is 11.0 Å². The van der Waals surface area contributed by atoms with Gasteiger partial charge in [0.25, 0.3) is 5.91 Å². The van der Waals surface area contributed by atoms with Crippen LogP contribution in [0, 0.1) is 0 Å². The number of nitrogens with one attached hydrogen (secondary N) is 1. The Kier molecular flexibility index (Phi) is 5.23. The van der Waals surface area contributed by atoms with Crippen molar-refractivity contribution < 1.29 is 13.9 Å². The van der Waals surface area contributed by atoms with E-state index in [2.05, 4.69) is 5.32 Å². The summed E-state index contributed by atoms with van der Waals surface area (Å²) in [6.07, 6.45) is 2.46. The predicted molar refractivity (Wildman–Crippen MR) is 110 cm³/mol. The number of carbonyl (C=O) groups is 1. The van der Waals surface area contributed by atoms with Crippen molar-refractivity contribution >= 4 is 57.4 Å². The van der Waals surface area contributed by atoms with Crippen LogP contribution >= 0.6 is 34.8 Å². The van der Waals surface area contributed by atoms with Gasteiger partial charge in [0, 0.05) is 22.7 Å². The van der Waals surface area contributed by atoms with Crippen LogP contribution in [0.15, 0.2) is 39.5 Å². The Balaban J connectivity index is 1.52. The summed E-state index contributed by atoms with van der Waals surface area (Å²) in [6, 6.07) is 8.02. The van der Waals surface area contributed by atoms with Gasteiger partial charge >= 0.3 is 5.63 Å². The standard InChI is InChI=1S/C20H14Cl3NO4/c21-14-5-4-10(6-15(14)22)24-19(25)9-27-18-8-17-13(7-16(18)23)11-2-1-3-12(11)20(26)28-17/h4-8H,1-3,9H2,(H,24,25). The van der Waals surface area contributed by atoms with E-state index in [0.717, 1.165) is 35.8 Å². The normalized spacial score (nSPS) is 12.8. The maximum Gasteiger partial charge on any atom is 0.339 e. The van der Waals surface area contributed by atoms with Crippen LogP contribution in [0.3, 0.4) is 0 Å². The van der Waals surface area contributed by atoms with Crippen LogP contribution in [0.4, 0.5) is 5.69 Å². The number of anilines is 1. The number of hydrogen-bond donors (Lipinski definition) is 1. The fourth-order valence-electron chi connectivity index (χ4n) is 3.31. The highest BCUT2D eigenvalue weighted by atomic mass is 35.5. The molecule has 0 spiro atoms. The molecule has 0 aliphatic heterocycles. The first-order chi connectivity index (χ1) is 13.4. The highest BCUT2D eigenvalue weighted by molar-refractivity contribution is 6.42. The van der Waals surface area contributed by atoms with Crippen molar-refractivity contribution in [3.05, 3.63) is 66.9 Å². The molecule has 4 rings (SSSR count). The average Bonchev–Trinajstić information content (AvgIpc) is 3.15. The number of aryl methyl sites for hydroxylation is 1. The number of rotatable bonds is 4. The van der Waals surface area contributed by atoms with E-state index in [1.807, 2.05) is 0 Å². The zero-order valence-corrected chi connectivity index (χ0v) is 16.7. The molecule has 0 radical (unpaired) electrons. The van der Waals surface area contributed by atoms with Crippen LogP contribution in [0.5, 0.6) is 5.75 Å². The van der Waals surface area contributed by atoms with Crippen LogP contribution in [-0.2, 0) is 17.6 Å². The lowest BCUT2D eigenvalue weighted by Crippen LogP contribution is -2.20. The number of carbonyl (C=O) groups excluding carboxylic acids is 1. The van der Waals surface area contributed by atoms with Gasteiger partial charge in [-0.15, -0.1) is 0 Å². The van der Waals surface area contributed by atoms with Gasteiger partial charge in [-0.3, -0.25) is 4.79 Å². The molecule has 0 saturated carbocycles. The topological polar surface area (TPSA) is 68.5 Å². The van der Waals surface area contributed by atoms with E-state index in [9.17, 15) is 9.59 Å². The van der Waals surface area contributed by atoms with Crippen LogP contribution < -0.4 is 15.7 Å². The number of halogens is 3. The lowest BCUT2D eigenvalue weighted by atomic mass is 10.1. The predicted octanol–water partition coefficient (Wildman–Crippen LogP) is 5.26. The molecule has 0 atom stereocenters. The Hall–Kier alpha value is -2.21. The monoisotopic (exact) mass is 437 g/mol. The average molecular weight is 439 g/mol. The van der Waals surface area contributed by atoms with Crippen LogP contribution in [-0.4, -0.2) is 12.5 Å². The van der Waals surface area contributed by atoms with E-state index in [4.69, 9.17) is 44.0 Å². The SMILES string of the molecule is O=C(COc1cc2oc(=O)c3c(c2cc1Cl)CCC3)Nc1ccc(Cl)c(Cl)c1. The van der Waals surface area contributed by atoms with E-state index >= 15 is 0 Å². The lowest BCUT2D eigenvalue weighted by Gasteiger charge is -2.11. The first-order valence-electron chi connectivity index (χ1n) is 8.58. The third kappa shape index (κ3) is 3.70. The maximum atomic E-state index is 12.1. The van der Waals surface area contributed by atoms with E-state index in [0.29, 0.717) is 26.3 Å². The van der Waals surface area contributed by atoms with Crippen LogP contribution in [0.1, 0.15) is 17.5 Å². The van der Waals surface area contributed by atoms with Crippen molar-refractivity contribution in [2.75, 3.05) is 11.9 Å². The Morgan fingerprint density at radius 3 is 2.61 bits per heavy atom. The molecule has 2 aromatic carbocycles. The van der Waals surface area contributed by atoms with Crippen molar-refractivity contribution in [3.8, 4) is 5.75 Å². The summed E-state index contributed by atoms with van der Waals surface area (Å²) < 4.78 is 10.9. The van der Waals surface area contributed by atoms with Gasteiger partial charge in [0.05, 0.1) is 15.1 Å². The highest BCUT2D eigenvalue weighted by Gasteiger charge is 2.21. The maximum absolute atomic E-state index is 12.1. The second-order valence-electron chi connectivity index (χ2n) is 6.44. The first kappa shape index (κ1) is 19.1. The largest absolute Gasteiger partial charge is 0.482 e. The molecule has 0 saturated heterocycles. The number of amides is 1. The molecule has 5 nitrogen and oxygen atoms in total. The van der Waals surface area contributed by atoms with Crippen molar-refractivity contribution in [1.29, 1.82) is 0 Å². The van der Waals surface area contributed by atoms with Gasteiger partial charge in [0.15, 0.2) is 6.61 Å². The van der Waals surface area contributed by atoms with Crippen molar-refractivity contribution in [2.45, 2.75) is 19.3 Å². The zero-order chi connectivity index (χ0) is 19.8. The van der Waals surface area contributed by atoms with Gasteiger partial charge in [-0.25, -0.2) is 4.79 Å². The number of benzene rings is 2. The molecule has 28 heavy (non-hydrogen) atoms. The third-order valence-corrected chi connectivity index (χ3v) is 5.62. The fraction of sp³-hybridized carbons (Fsp3) is 0.200. The second-order valence-corrected chi connectivity index (χ2v) is 7.67. The molecular formula is C20H14Cl3NO4. The molecule has 8 heteroatoms. The Bertz CT molecular complexity index is 1160. The fourth-order valence-corrected chi connectivity index (χ4v) is 3.82. The number of ether oxygens (including phenoxy) is 1. The summed E-state index contributed by atoms with van der Waals surface area (Å²) >= 11 is 18.1. The zero-order valence-electron chi connectivity index (χ0n) is 14.5. The molecule has 1 heterocycles. The van der Waals surface area contributed by atoms with E-state index in [-0.39, 0.29) is 18.0 Å². The third-order valence-electron chi connectivity index (χ3n) is 4.59. The molecule has 0 bridgehead atoms. The van der Waals surface area contributed by atoms with Gasteiger partial charge in [-0.2, -0.15) is 0 Å². The molecule has 1 aliphatic rings. The molecule has 0 unspecified atom stereocenters. The summed E-state index contributed by atoms with van der Waals surface area (Å²) in [5.74, 6) is -0.135. The lowest BCUT2D eigenvalue weighted by molar-refractivity contribution is -0.118. The van der Waals surface area contributed by atoms with Crippen molar-refractivity contribution in [2.24, 2.45) is 0 Å². The molecule has 3 aromatic rings. The summed E-state index contributed by atoms with van der Waals surface area (Å²) in [5.41, 5.74) is 2.27. The second kappa shape index (κ2) is 7.66. The van der Waals surface area contributed by atoms with E-state index in [1.54, 1.807) is 30.3 Å². The summed E-state index contributed by atoms with van der Waals surface area (Å²) in [7, 11) is 0. The van der Waals surface area contributed by atoms with Gasteiger partial charge < -0.3 is 14.5 Å². The van der Waals surface area contributed by atoms with Gasteiger partial charge in [-0.1, -0.05) is 34.8 Å². The van der Waals surface area contributed by atoms with Gasteiger partial charge in [0.2, 0.25) is 0 Å². The molecule has 1 aromatic heterocycles. The van der Waals surface area contributed by atoms with Crippen molar-refractivity contribution in [3.63, 3.8) is 0 Å². The molecule has 1 aliphatic carbocycles.